The van der Waals surface area contributed by atoms with Crippen LogP contribution in [-0.2, 0) is 17.7 Å². The van der Waals surface area contributed by atoms with Crippen molar-refractivity contribution in [2.24, 2.45) is 0 Å². The molecule has 7 heteroatoms. The number of aromatic nitrogens is 2. The van der Waals surface area contributed by atoms with Gasteiger partial charge < -0.3 is 9.15 Å². The molecule has 0 fully saturated rings. The van der Waals surface area contributed by atoms with Gasteiger partial charge in [-0.15, -0.1) is 11.3 Å². The van der Waals surface area contributed by atoms with E-state index in [2.05, 4.69) is 4.98 Å². The number of rotatable bonds is 4. The number of methoxy groups -OCH3 is 1. The maximum atomic E-state index is 12.5. The van der Waals surface area contributed by atoms with Crippen molar-refractivity contribution < 1.29 is 13.9 Å². The topological polar surface area (TPSA) is 74.3 Å². The molecule has 6 nitrogen and oxygen atoms in total. The van der Waals surface area contributed by atoms with Gasteiger partial charge in [0.25, 0.3) is 5.56 Å². The molecule has 0 aromatic carbocycles. The van der Waals surface area contributed by atoms with Crippen LogP contribution in [-0.4, -0.2) is 22.6 Å². The van der Waals surface area contributed by atoms with Gasteiger partial charge in [-0.1, -0.05) is 6.92 Å². The van der Waals surface area contributed by atoms with Crippen LogP contribution >= 0.6 is 11.3 Å². The summed E-state index contributed by atoms with van der Waals surface area (Å²) in [5.41, 5.74) is 0.169. The minimum Gasteiger partial charge on any atom is -0.467 e. The average molecular weight is 318 g/mol. The first-order valence-corrected chi connectivity index (χ1v) is 7.58. The molecular weight excluding hydrogens is 304 g/mol. The Morgan fingerprint density at radius 1 is 1.50 bits per heavy atom. The van der Waals surface area contributed by atoms with Crippen LogP contribution in [0.2, 0.25) is 0 Å². The summed E-state index contributed by atoms with van der Waals surface area (Å²) in [5, 5.41) is 0.593. The molecule has 0 aliphatic rings. The third-order valence-corrected chi connectivity index (χ3v) is 4.57. The van der Waals surface area contributed by atoms with Gasteiger partial charge in [0.2, 0.25) is 0 Å². The van der Waals surface area contributed by atoms with Gasteiger partial charge in [-0.3, -0.25) is 9.36 Å². The number of furan rings is 1. The molecule has 0 bridgehead atoms. The number of carbonyl (C=O) groups is 1. The Morgan fingerprint density at radius 3 is 3.05 bits per heavy atom. The number of fused-ring (bicyclic) bond motifs is 1. The van der Waals surface area contributed by atoms with Crippen LogP contribution in [0, 0.1) is 0 Å². The quantitative estimate of drug-likeness (QED) is 0.691. The second-order valence-electron chi connectivity index (χ2n) is 4.71. The summed E-state index contributed by atoms with van der Waals surface area (Å²) >= 11 is 1.52. The van der Waals surface area contributed by atoms with Gasteiger partial charge >= 0.3 is 5.97 Å². The van der Waals surface area contributed by atoms with Gasteiger partial charge in [0.15, 0.2) is 0 Å². The molecule has 0 atom stereocenters. The normalized spacial score (nSPS) is 11.0. The molecule has 3 aromatic rings. The third-order valence-electron chi connectivity index (χ3n) is 3.38. The van der Waals surface area contributed by atoms with Crippen LogP contribution in [0.3, 0.4) is 0 Å². The SMILES string of the molecule is CCc1cc2c(=O)n(Cc3occc3C(=O)OC)cnc2s1. The lowest BCUT2D eigenvalue weighted by atomic mass is 10.2. The lowest BCUT2D eigenvalue weighted by molar-refractivity contribution is 0.0598. The Kier molecular flexibility index (Phi) is 3.81. The highest BCUT2D eigenvalue weighted by molar-refractivity contribution is 7.18. The number of esters is 1. The van der Waals surface area contributed by atoms with Crippen molar-refractivity contribution in [2.75, 3.05) is 7.11 Å². The van der Waals surface area contributed by atoms with Gasteiger partial charge in [0, 0.05) is 4.88 Å². The predicted octanol–water partition coefficient (Wildman–Crippen LogP) is 2.45. The summed E-state index contributed by atoms with van der Waals surface area (Å²) in [5.74, 6) is -0.115. The van der Waals surface area contributed by atoms with E-state index in [9.17, 15) is 9.59 Å². The summed E-state index contributed by atoms with van der Waals surface area (Å²) < 4.78 is 11.4. The first kappa shape index (κ1) is 14.5. The number of ether oxygens (including phenoxy) is 1. The smallest absolute Gasteiger partial charge is 0.341 e. The monoisotopic (exact) mass is 318 g/mol. The summed E-state index contributed by atoms with van der Waals surface area (Å²) in [6, 6.07) is 3.40. The van der Waals surface area contributed by atoms with Gasteiger partial charge in [0.05, 0.1) is 31.6 Å². The maximum Gasteiger partial charge on any atom is 0.341 e. The Balaban J connectivity index is 2.01. The first-order chi connectivity index (χ1) is 10.6. The van der Waals surface area contributed by atoms with Gasteiger partial charge in [-0.2, -0.15) is 0 Å². The zero-order valence-electron chi connectivity index (χ0n) is 12.2. The Morgan fingerprint density at radius 2 is 2.32 bits per heavy atom. The molecule has 22 heavy (non-hydrogen) atoms. The highest BCUT2D eigenvalue weighted by Gasteiger charge is 2.17. The molecule has 0 N–H and O–H groups in total. The van der Waals surface area contributed by atoms with Crippen molar-refractivity contribution in [2.45, 2.75) is 19.9 Å². The zero-order chi connectivity index (χ0) is 15.7. The second-order valence-corrected chi connectivity index (χ2v) is 5.83. The molecule has 114 valence electrons. The molecule has 0 aliphatic carbocycles. The molecule has 0 spiro atoms. The van der Waals surface area contributed by atoms with Crippen molar-refractivity contribution in [3.8, 4) is 0 Å². The molecule has 0 radical (unpaired) electrons. The van der Waals surface area contributed by atoms with E-state index in [4.69, 9.17) is 9.15 Å². The average Bonchev–Trinajstić information content (AvgIpc) is 3.16. The summed E-state index contributed by atoms with van der Waals surface area (Å²) in [6.45, 7) is 2.17. The molecule has 3 aromatic heterocycles. The van der Waals surface area contributed by atoms with Crippen LogP contribution in [0.15, 0.2) is 33.9 Å². The van der Waals surface area contributed by atoms with E-state index in [0.717, 1.165) is 16.1 Å². The predicted molar refractivity (Wildman–Crippen MR) is 82.4 cm³/mol. The zero-order valence-corrected chi connectivity index (χ0v) is 13.0. The largest absolute Gasteiger partial charge is 0.467 e. The summed E-state index contributed by atoms with van der Waals surface area (Å²) in [6.07, 6.45) is 3.74. The number of carbonyl (C=O) groups excluding carboxylic acids is 1. The van der Waals surface area contributed by atoms with Crippen LogP contribution in [0.4, 0.5) is 0 Å². The standard InChI is InChI=1S/C15H14N2O4S/c1-3-9-6-11-13(22-9)16-8-17(14(11)18)7-12-10(4-5-21-12)15(19)20-2/h4-6,8H,3,7H2,1-2H3. The molecule has 3 heterocycles. The summed E-state index contributed by atoms with van der Waals surface area (Å²) in [7, 11) is 1.30. The minimum absolute atomic E-state index is 0.135. The van der Waals surface area contributed by atoms with E-state index >= 15 is 0 Å². The van der Waals surface area contributed by atoms with Gasteiger partial charge in [0.1, 0.15) is 16.2 Å². The molecule has 0 saturated heterocycles. The fourth-order valence-corrected chi connectivity index (χ4v) is 3.13. The molecule has 0 saturated carbocycles. The Bertz CT molecular complexity index is 890. The molecule has 3 rings (SSSR count). The number of nitrogens with zero attached hydrogens (tertiary/aromatic N) is 2. The van der Waals surface area contributed by atoms with Crippen LogP contribution in [0.1, 0.15) is 27.9 Å². The van der Waals surface area contributed by atoms with E-state index in [-0.39, 0.29) is 12.1 Å². The van der Waals surface area contributed by atoms with E-state index in [1.165, 1.54) is 41.7 Å². The van der Waals surface area contributed by atoms with Crippen molar-refractivity contribution in [3.63, 3.8) is 0 Å². The number of aryl methyl sites for hydroxylation is 1. The molecule has 0 aliphatic heterocycles. The fraction of sp³-hybridized carbons (Fsp3) is 0.267. The molecule has 0 amide bonds. The van der Waals surface area contributed by atoms with Crippen molar-refractivity contribution in [1.29, 1.82) is 0 Å². The number of thiophene rings is 1. The maximum absolute atomic E-state index is 12.5. The van der Waals surface area contributed by atoms with Crippen molar-refractivity contribution in [3.05, 3.63) is 51.3 Å². The highest BCUT2D eigenvalue weighted by Crippen LogP contribution is 2.21. The Hall–Kier alpha value is -2.41. The number of hydrogen-bond donors (Lipinski definition) is 0. The third kappa shape index (κ3) is 2.43. The van der Waals surface area contributed by atoms with Crippen molar-refractivity contribution >= 4 is 27.5 Å². The molecule has 0 unspecified atom stereocenters. The number of hydrogen-bond acceptors (Lipinski definition) is 6. The summed E-state index contributed by atoms with van der Waals surface area (Å²) in [4.78, 5) is 30.3. The first-order valence-electron chi connectivity index (χ1n) is 6.76. The van der Waals surface area contributed by atoms with E-state index in [1.54, 1.807) is 0 Å². The lowest BCUT2D eigenvalue weighted by Gasteiger charge is -2.04. The van der Waals surface area contributed by atoms with Crippen LogP contribution in [0.25, 0.3) is 10.2 Å². The Labute approximate surface area is 130 Å². The minimum atomic E-state index is -0.491. The van der Waals surface area contributed by atoms with Crippen LogP contribution < -0.4 is 5.56 Å². The van der Waals surface area contributed by atoms with E-state index in [1.807, 2.05) is 13.0 Å². The highest BCUT2D eigenvalue weighted by atomic mass is 32.1. The van der Waals surface area contributed by atoms with Gasteiger partial charge in [-0.25, -0.2) is 9.78 Å². The fourth-order valence-electron chi connectivity index (χ4n) is 2.21. The van der Waals surface area contributed by atoms with Crippen LogP contribution in [0.5, 0.6) is 0 Å². The van der Waals surface area contributed by atoms with Crippen molar-refractivity contribution in [1.82, 2.24) is 9.55 Å². The van der Waals surface area contributed by atoms with E-state index < -0.39 is 5.97 Å². The molecular formula is C15H14N2O4S. The van der Waals surface area contributed by atoms with Gasteiger partial charge in [-0.05, 0) is 18.6 Å². The van der Waals surface area contributed by atoms with E-state index in [0.29, 0.717) is 16.7 Å². The second kappa shape index (κ2) is 5.76. The lowest BCUT2D eigenvalue weighted by Crippen LogP contribution is -2.21.